The molecule has 0 aromatic carbocycles. The molecule has 0 aliphatic heterocycles. The second-order valence-corrected chi connectivity index (χ2v) is 3.89. The molecule has 80 valence electrons. The van der Waals surface area contributed by atoms with Crippen molar-refractivity contribution in [2.45, 2.75) is 40.2 Å². The third kappa shape index (κ3) is 1.94. The zero-order valence-corrected chi connectivity index (χ0v) is 9.66. The maximum Gasteiger partial charge on any atom is 0.269 e. The first-order valence-corrected chi connectivity index (χ1v) is 5.15. The van der Waals surface area contributed by atoms with Crippen LogP contribution in [0, 0.1) is 25.2 Å². The molecule has 0 aliphatic carbocycles. The van der Waals surface area contributed by atoms with E-state index >= 15 is 0 Å². The van der Waals surface area contributed by atoms with E-state index in [1.807, 2.05) is 32.9 Å². The Morgan fingerprint density at radius 2 is 2.13 bits per heavy atom. The molecule has 0 amide bonds. The Morgan fingerprint density at radius 1 is 1.53 bits per heavy atom. The Bertz CT molecular complexity index is 466. The first-order valence-electron chi connectivity index (χ1n) is 5.15. The first-order chi connectivity index (χ1) is 7.02. The van der Waals surface area contributed by atoms with Crippen molar-refractivity contribution in [3.05, 3.63) is 33.2 Å². The van der Waals surface area contributed by atoms with Gasteiger partial charge in [0.25, 0.3) is 5.56 Å². The fraction of sp³-hybridized carbons (Fsp3) is 0.500. The van der Waals surface area contributed by atoms with Gasteiger partial charge in [-0.25, -0.2) is 0 Å². The lowest BCUT2D eigenvalue weighted by atomic mass is 10.1. The monoisotopic (exact) mass is 204 g/mol. The number of hydrogen-bond acceptors (Lipinski definition) is 2. The van der Waals surface area contributed by atoms with E-state index in [0.717, 1.165) is 17.7 Å². The van der Waals surface area contributed by atoms with E-state index in [2.05, 4.69) is 0 Å². The smallest absolute Gasteiger partial charge is 0.269 e. The van der Waals surface area contributed by atoms with E-state index < -0.39 is 0 Å². The second-order valence-electron chi connectivity index (χ2n) is 3.89. The average molecular weight is 204 g/mol. The van der Waals surface area contributed by atoms with Crippen LogP contribution in [-0.2, 0) is 0 Å². The molecule has 1 unspecified atom stereocenters. The van der Waals surface area contributed by atoms with Crippen LogP contribution in [-0.4, -0.2) is 4.57 Å². The van der Waals surface area contributed by atoms with Crippen LogP contribution < -0.4 is 5.56 Å². The maximum atomic E-state index is 12.0. The molecule has 0 aliphatic rings. The number of rotatable bonds is 2. The summed E-state index contributed by atoms with van der Waals surface area (Å²) in [6, 6.07) is 4.02. The van der Waals surface area contributed by atoms with Gasteiger partial charge in [0.2, 0.25) is 0 Å². The molecule has 3 nitrogen and oxygen atoms in total. The molecule has 1 heterocycles. The minimum Gasteiger partial charge on any atom is -0.309 e. The van der Waals surface area contributed by atoms with E-state index in [1.54, 1.807) is 11.5 Å². The van der Waals surface area contributed by atoms with Crippen molar-refractivity contribution in [3.8, 4) is 6.07 Å². The summed E-state index contributed by atoms with van der Waals surface area (Å²) >= 11 is 0. The van der Waals surface area contributed by atoms with E-state index in [0.29, 0.717) is 0 Å². The van der Waals surface area contributed by atoms with Crippen molar-refractivity contribution >= 4 is 0 Å². The van der Waals surface area contributed by atoms with Gasteiger partial charge in [-0.15, -0.1) is 0 Å². The highest BCUT2D eigenvalue weighted by Crippen LogP contribution is 2.13. The molecule has 1 aromatic heterocycles. The molecule has 0 N–H and O–H groups in total. The predicted octanol–water partition coefficient (Wildman–Crippen LogP) is 2.31. The van der Waals surface area contributed by atoms with E-state index in [-0.39, 0.29) is 17.2 Å². The van der Waals surface area contributed by atoms with Gasteiger partial charge in [0, 0.05) is 11.7 Å². The molecule has 1 aromatic rings. The fourth-order valence-electron chi connectivity index (χ4n) is 1.77. The van der Waals surface area contributed by atoms with Crippen LogP contribution in [0.2, 0.25) is 0 Å². The summed E-state index contributed by atoms with van der Waals surface area (Å²) in [5, 5.41) is 8.91. The molecule has 0 saturated heterocycles. The predicted molar refractivity (Wildman–Crippen MR) is 59.9 cm³/mol. The second kappa shape index (κ2) is 4.31. The van der Waals surface area contributed by atoms with Crippen molar-refractivity contribution < 1.29 is 0 Å². The Hall–Kier alpha value is -1.56. The number of pyridine rings is 1. The first kappa shape index (κ1) is 11.5. The summed E-state index contributed by atoms with van der Waals surface area (Å²) < 4.78 is 1.70. The summed E-state index contributed by atoms with van der Waals surface area (Å²) in [6.07, 6.45) is 0.884. The van der Waals surface area contributed by atoms with Gasteiger partial charge in [0.15, 0.2) is 0 Å². The highest BCUT2D eigenvalue weighted by molar-refractivity contribution is 5.36. The summed E-state index contributed by atoms with van der Waals surface area (Å²) in [6.45, 7) is 7.73. The number of nitriles is 1. The van der Waals surface area contributed by atoms with Crippen molar-refractivity contribution in [1.82, 2.24) is 4.57 Å². The normalized spacial score (nSPS) is 12.2. The lowest BCUT2D eigenvalue weighted by Gasteiger charge is -2.17. The zero-order valence-electron chi connectivity index (χ0n) is 9.66. The quantitative estimate of drug-likeness (QED) is 0.742. The van der Waals surface area contributed by atoms with Crippen LogP contribution in [0.1, 0.15) is 43.1 Å². The van der Waals surface area contributed by atoms with Crippen LogP contribution >= 0.6 is 0 Å². The van der Waals surface area contributed by atoms with Gasteiger partial charge >= 0.3 is 0 Å². The van der Waals surface area contributed by atoms with E-state index in [1.165, 1.54) is 0 Å². The average Bonchev–Trinajstić information content (AvgIpc) is 2.17. The Kier molecular flexibility index (Phi) is 3.31. The maximum absolute atomic E-state index is 12.0. The standard InChI is InChI=1S/C12H16N2O/c1-5-9(3)14-10(4)6-8(2)11(7-13)12(14)15/h6,9H,5H2,1-4H3. The molecule has 0 bridgehead atoms. The number of nitrogens with zero attached hydrogens (tertiary/aromatic N) is 2. The molecular weight excluding hydrogens is 188 g/mol. The van der Waals surface area contributed by atoms with Crippen molar-refractivity contribution in [1.29, 1.82) is 5.26 Å². The lowest BCUT2D eigenvalue weighted by molar-refractivity contribution is 0.501. The van der Waals surface area contributed by atoms with Gasteiger partial charge in [-0.1, -0.05) is 6.92 Å². The van der Waals surface area contributed by atoms with E-state index in [9.17, 15) is 4.79 Å². The third-order valence-corrected chi connectivity index (χ3v) is 2.78. The highest BCUT2D eigenvalue weighted by Gasteiger charge is 2.13. The Morgan fingerprint density at radius 3 is 2.60 bits per heavy atom. The number of hydrogen-bond donors (Lipinski definition) is 0. The summed E-state index contributed by atoms with van der Waals surface area (Å²) in [5.41, 5.74) is 1.79. The minimum absolute atomic E-state index is 0.144. The molecule has 1 rings (SSSR count). The molecule has 0 saturated carbocycles. The summed E-state index contributed by atoms with van der Waals surface area (Å²) in [5.74, 6) is 0. The van der Waals surface area contributed by atoms with Crippen LogP contribution in [0.15, 0.2) is 10.9 Å². The molecule has 0 fully saturated rings. The SMILES string of the molecule is CCC(C)n1c(C)cc(C)c(C#N)c1=O. The van der Waals surface area contributed by atoms with E-state index in [4.69, 9.17) is 5.26 Å². The zero-order chi connectivity index (χ0) is 11.6. The van der Waals surface area contributed by atoms with Crippen LogP contribution in [0.3, 0.4) is 0 Å². The van der Waals surface area contributed by atoms with Crippen molar-refractivity contribution in [2.75, 3.05) is 0 Å². The Balaban J connectivity index is 3.55. The number of aromatic nitrogens is 1. The van der Waals surface area contributed by atoms with Gasteiger partial charge in [-0.3, -0.25) is 4.79 Å². The molecule has 15 heavy (non-hydrogen) atoms. The van der Waals surface area contributed by atoms with Gasteiger partial charge in [-0.05, 0) is 38.8 Å². The molecular formula is C12H16N2O. The van der Waals surface area contributed by atoms with Gasteiger partial charge in [0.05, 0.1) is 0 Å². The summed E-state index contributed by atoms with van der Waals surface area (Å²) in [7, 11) is 0. The highest BCUT2D eigenvalue weighted by atomic mass is 16.1. The topological polar surface area (TPSA) is 45.8 Å². The molecule has 3 heteroatoms. The third-order valence-electron chi connectivity index (χ3n) is 2.78. The van der Waals surface area contributed by atoms with Crippen LogP contribution in [0.5, 0.6) is 0 Å². The van der Waals surface area contributed by atoms with Gasteiger partial charge in [0.1, 0.15) is 11.6 Å². The molecule has 0 radical (unpaired) electrons. The Labute approximate surface area is 90.0 Å². The van der Waals surface area contributed by atoms with Gasteiger partial charge in [-0.2, -0.15) is 5.26 Å². The molecule has 0 spiro atoms. The van der Waals surface area contributed by atoms with Crippen LogP contribution in [0.25, 0.3) is 0 Å². The summed E-state index contributed by atoms with van der Waals surface area (Å²) in [4.78, 5) is 12.0. The molecule has 1 atom stereocenters. The lowest BCUT2D eigenvalue weighted by Crippen LogP contribution is -2.28. The van der Waals surface area contributed by atoms with Crippen molar-refractivity contribution in [2.24, 2.45) is 0 Å². The minimum atomic E-state index is -0.163. The fourth-order valence-corrected chi connectivity index (χ4v) is 1.77. The van der Waals surface area contributed by atoms with Crippen molar-refractivity contribution in [3.63, 3.8) is 0 Å². The van der Waals surface area contributed by atoms with Gasteiger partial charge < -0.3 is 4.57 Å². The largest absolute Gasteiger partial charge is 0.309 e. The van der Waals surface area contributed by atoms with Crippen LogP contribution in [0.4, 0.5) is 0 Å². The number of aryl methyl sites for hydroxylation is 2.